The zero-order valence-corrected chi connectivity index (χ0v) is 24.3. The molecule has 1 N–H and O–H groups in total. The lowest BCUT2D eigenvalue weighted by Crippen LogP contribution is -2.47. The predicted octanol–water partition coefficient (Wildman–Crippen LogP) is 5.21. The first-order valence-electron chi connectivity index (χ1n) is 13.8. The topological polar surface area (TPSA) is 84.1 Å². The molecule has 216 valence electrons. The third kappa shape index (κ3) is 7.89. The summed E-state index contributed by atoms with van der Waals surface area (Å²) < 4.78 is 16.6. The standard InChI is InChI=1S/C33H39N3O5/c1-24(2)36(33(38)23-41-22-25-10-6-5-7-11-25)21-32(37)35(20-26-14-15-30(39-3)31(18-26)40-4)17-16-27-19-34-29-13-9-8-12-28(27)29/h5-15,18-19,24,34H,16-17,20-23H2,1-4H3. The van der Waals surface area contributed by atoms with Gasteiger partial charge in [-0.1, -0.05) is 54.6 Å². The van der Waals surface area contributed by atoms with Crippen LogP contribution in [-0.4, -0.2) is 66.6 Å². The van der Waals surface area contributed by atoms with E-state index in [9.17, 15) is 9.59 Å². The first-order valence-corrected chi connectivity index (χ1v) is 13.8. The molecule has 8 heteroatoms. The van der Waals surface area contributed by atoms with Crippen molar-refractivity contribution in [1.29, 1.82) is 0 Å². The number of nitrogens with one attached hydrogen (secondary N) is 1. The number of fused-ring (bicyclic) bond motifs is 1. The van der Waals surface area contributed by atoms with Gasteiger partial charge in [-0.2, -0.15) is 0 Å². The highest BCUT2D eigenvalue weighted by molar-refractivity contribution is 5.86. The molecule has 0 unspecified atom stereocenters. The Hall–Kier alpha value is -4.30. The van der Waals surface area contributed by atoms with Crippen LogP contribution in [0.3, 0.4) is 0 Å². The van der Waals surface area contributed by atoms with Crippen molar-refractivity contribution in [2.75, 3.05) is 33.9 Å². The number of carbonyl (C=O) groups is 2. The number of rotatable bonds is 14. The van der Waals surface area contributed by atoms with Gasteiger partial charge in [-0.05, 0) is 55.2 Å². The Labute approximate surface area is 241 Å². The van der Waals surface area contributed by atoms with Gasteiger partial charge in [0.2, 0.25) is 11.8 Å². The maximum absolute atomic E-state index is 13.8. The van der Waals surface area contributed by atoms with Gasteiger partial charge in [-0.3, -0.25) is 9.59 Å². The molecular weight excluding hydrogens is 518 g/mol. The molecule has 0 fully saturated rings. The van der Waals surface area contributed by atoms with Crippen LogP contribution in [0.1, 0.15) is 30.5 Å². The van der Waals surface area contributed by atoms with Crippen molar-refractivity contribution in [3.05, 3.63) is 95.7 Å². The number of hydrogen-bond acceptors (Lipinski definition) is 5. The second kappa shape index (κ2) is 14.4. The van der Waals surface area contributed by atoms with Gasteiger partial charge >= 0.3 is 0 Å². The van der Waals surface area contributed by atoms with Crippen molar-refractivity contribution in [3.8, 4) is 11.5 Å². The van der Waals surface area contributed by atoms with Crippen molar-refractivity contribution in [3.63, 3.8) is 0 Å². The maximum atomic E-state index is 13.8. The Bertz CT molecular complexity index is 1430. The Morgan fingerprint density at radius 3 is 2.32 bits per heavy atom. The number of methoxy groups -OCH3 is 2. The predicted molar refractivity (Wildman–Crippen MR) is 160 cm³/mol. The van der Waals surface area contributed by atoms with E-state index in [0.29, 0.717) is 37.6 Å². The second-order valence-corrected chi connectivity index (χ2v) is 10.2. The molecule has 1 heterocycles. The molecule has 0 spiro atoms. The molecule has 0 aliphatic carbocycles. The summed E-state index contributed by atoms with van der Waals surface area (Å²) in [6.45, 7) is 4.88. The Morgan fingerprint density at radius 2 is 1.59 bits per heavy atom. The fourth-order valence-corrected chi connectivity index (χ4v) is 4.80. The zero-order chi connectivity index (χ0) is 29.2. The van der Waals surface area contributed by atoms with Crippen LogP contribution >= 0.6 is 0 Å². The van der Waals surface area contributed by atoms with Gasteiger partial charge in [0.15, 0.2) is 11.5 Å². The summed E-state index contributed by atoms with van der Waals surface area (Å²) in [7, 11) is 3.18. The van der Waals surface area contributed by atoms with E-state index in [4.69, 9.17) is 14.2 Å². The van der Waals surface area contributed by atoms with E-state index in [0.717, 1.165) is 27.6 Å². The molecule has 4 rings (SSSR count). The number of amides is 2. The van der Waals surface area contributed by atoms with Crippen LogP contribution in [-0.2, 0) is 33.9 Å². The smallest absolute Gasteiger partial charge is 0.249 e. The molecule has 0 atom stereocenters. The van der Waals surface area contributed by atoms with Crippen molar-refractivity contribution in [2.45, 2.75) is 39.5 Å². The molecule has 0 radical (unpaired) electrons. The number of carbonyl (C=O) groups excluding carboxylic acids is 2. The Balaban J connectivity index is 1.48. The number of nitrogens with zero attached hydrogens (tertiary/aromatic N) is 2. The lowest BCUT2D eigenvalue weighted by atomic mass is 10.1. The summed E-state index contributed by atoms with van der Waals surface area (Å²) in [4.78, 5) is 33.6. The number of H-pyrrole nitrogens is 1. The number of para-hydroxylation sites is 1. The van der Waals surface area contributed by atoms with Gasteiger partial charge in [0, 0.05) is 36.2 Å². The molecule has 0 aliphatic rings. The lowest BCUT2D eigenvalue weighted by Gasteiger charge is -2.30. The molecule has 41 heavy (non-hydrogen) atoms. The summed E-state index contributed by atoms with van der Waals surface area (Å²) in [6, 6.07) is 23.3. The van der Waals surface area contributed by atoms with E-state index in [1.807, 2.05) is 86.8 Å². The minimum Gasteiger partial charge on any atom is -0.493 e. The number of aromatic amines is 1. The minimum atomic E-state index is -0.216. The van der Waals surface area contributed by atoms with Gasteiger partial charge < -0.3 is 29.0 Å². The number of benzene rings is 3. The number of aromatic nitrogens is 1. The molecule has 0 saturated carbocycles. The molecular formula is C33H39N3O5. The molecule has 8 nitrogen and oxygen atoms in total. The first-order chi connectivity index (χ1) is 19.9. The second-order valence-electron chi connectivity index (χ2n) is 10.2. The fourth-order valence-electron chi connectivity index (χ4n) is 4.80. The first kappa shape index (κ1) is 29.7. The molecule has 3 aromatic carbocycles. The maximum Gasteiger partial charge on any atom is 0.249 e. The van der Waals surface area contributed by atoms with Gasteiger partial charge in [-0.25, -0.2) is 0 Å². The number of hydrogen-bond donors (Lipinski definition) is 1. The van der Waals surface area contributed by atoms with E-state index in [-0.39, 0.29) is 31.0 Å². The molecule has 0 aliphatic heterocycles. The lowest BCUT2D eigenvalue weighted by molar-refractivity contribution is -0.145. The largest absolute Gasteiger partial charge is 0.493 e. The molecule has 4 aromatic rings. The van der Waals surface area contributed by atoms with Crippen LogP contribution in [0.2, 0.25) is 0 Å². The van der Waals surface area contributed by atoms with Crippen LogP contribution in [0.15, 0.2) is 79.0 Å². The van der Waals surface area contributed by atoms with E-state index in [1.165, 1.54) is 0 Å². The van der Waals surface area contributed by atoms with Crippen molar-refractivity contribution < 1.29 is 23.8 Å². The zero-order valence-electron chi connectivity index (χ0n) is 24.3. The third-order valence-corrected chi connectivity index (χ3v) is 7.09. The van der Waals surface area contributed by atoms with E-state index < -0.39 is 0 Å². The Kier molecular flexibility index (Phi) is 10.4. The molecule has 0 bridgehead atoms. The number of ether oxygens (including phenoxy) is 3. The van der Waals surface area contributed by atoms with Crippen molar-refractivity contribution in [1.82, 2.24) is 14.8 Å². The summed E-state index contributed by atoms with van der Waals surface area (Å²) in [5, 5.41) is 1.14. The SMILES string of the molecule is COc1ccc(CN(CCc2c[nH]c3ccccc23)C(=O)CN(C(=O)COCc2ccccc2)C(C)C)cc1OC. The van der Waals surface area contributed by atoms with Crippen molar-refractivity contribution in [2.24, 2.45) is 0 Å². The van der Waals surface area contributed by atoms with Crippen LogP contribution in [0.25, 0.3) is 10.9 Å². The summed E-state index contributed by atoms with van der Waals surface area (Å²) in [5.74, 6) is 0.875. The quantitative estimate of drug-likeness (QED) is 0.230. The Morgan fingerprint density at radius 1 is 0.854 bits per heavy atom. The van der Waals surface area contributed by atoms with E-state index in [1.54, 1.807) is 24.0 Å². The fraction of sp³-hybridized carbons (Fsp3) is 0.333. The minimum absolute atomic E-state index is 0.0353. The van der Waals surface area contributed by atoms with Crippen LogP contribution in [0, 0.1) is 0 Å². The summed E-state index contributed by atoms with van der Waals surface area (Å²) in [5.41, 5.74) is 4.10. The highest BCUT2D eigenvalue weighted by Gasteiger charge is 2.24. The monoisotopic (exact) mass is 557 g/mol. The van der Waals surface area contributed by atoms with Gasteiger partial charge in [0.05, 0.1) is 20.8 Å². The van der Waals surface area contributed by atoms with Crippen LogP contribution < -0.4 is 9.47 Å². The van der Waals surface area contributed by atoms with Crippen molar-refractivity contribution >= 4 is 22.7 Å². The normalized spacial score (nSPS) is 11.0. The highest BCUT2D eigenvalue weighted by atomic mass is 16.5. The van der Waals surface area contributed by atoms with Gasteiger partial charge in [0.25, 0.3) is 0 Å². The van der Waals surface area contributed by atoms with Gasteiger partial charge in [0.1, 0.15) is 13.2 Å². The average Bonchev–Trinajstić information content (AvgIpc) is 3.41. The van der Waals surface area contributed by atoms with E-state index >= 15 is 0 Å². The molecule has 2 amide bonds. The summed E-state index contributed by atoms with van der Waals surface area (Å²) >= 11 is 0. The van der Waals surface area contributed by atoms with E-state index in [2.05, 4.69) is 11.1 Å². The highest BCUT2D eigenvalue weighted by Crippen LogP contribution is 2.28. The van der Waals surface area contributed by atoms with Gasteiger partial charge in [-0.15, -0.1) is 0 Å². The average molecular weight is 558 g/mol. The third-order valence-electron chi connectivity index (χ3n) is 7.09. The van der Waals surface area contributed by atoms with Crippen LogP contribution in [0.5, 0.6) is 11.5 Å². The molecule has 0 saturated heterocycles. The molecule has 1 aromatic heterocycles. The van der Waals surface area contributed by atoms with Crippen LogP contribution in [0.4, 0.5) is 0 Å². The summed E-state index contributed by atoms with van der Waals surface area (Å²) in [6.07, 6.45) is 2.66.